The van der Waals surface area contributed by atoms with Crippen molar-refractivity contribution in [2.24, 2.45) is 0 Å². The zero-order chi connectivity index (χ0) is 18.8. The van der Waals surface area contributed by atoms with Gasteiger partial charge in [0, 0.05) is 49.2 Å². The molecule has 2 aromatic heterocycles. The van der Waals surface area contributed by atoms with Crippen LogP contribution in [0.1, 0.15) is 29.1 Å². The van der Waals surface area contributed by atoms with Crippen LogP contribution >= 0.6 is 0 Å². The van der Waals surface area contributed by atoms with Crippen molar-refractivity contribution < 1.29 is 14.1 Å². The van der Waals surface area contributed by atoms with Crippen molar-refractivity contribution in [2.45, 2.75) is 12.8 Å². The largest absolute Gasteiger partial charge is 0.339 e. The van der Waals surface area contributed by atoms with Crippen molar-refractivity contribution in [1.82, 2.24) is 20.0 Å². The Morgan fingerprint density at radius 1 is 1.11 bits per heavy atom. The Bertz CT molecular complexity index is 963. The number of benzene rings is 1. The lowest BCUT2D eigenvalue weighted by Crippen LogP contribution is -2.48. The highest BCUT2D eigenvalue weighted by atomic mass is 16.5. The van der Waals surface area contributed by atoms with Crippen molar-refractivity contribution in [1.29, 1.82) is 0 Å². The average molecular weight is 363 g/mol. The normalized spacial score (nSPS) is 13.9. The Morgan fingerprint density at radius 3 is 2.48 bits per heavy atom. The SMILES string of the molecule is CC(=O)Nc1ccc(C(=O)N2CC(c3nc(-c4ccncc4)no3)C2)cc1. The molecule has 8 heteroatoms. The van der Waals surface area contributed by atoms with Gasteiger partial charge in [0.25, 0.3) is 5.91 Å². The van der Waals surface area contributed by atoms with Gasteiger partial charge >= 0.3 is 0 Å². The average Bonchev–Trinajstić information content (AvgIpc) is 3.11. The minimum absolute atomic E-state index is 0.0377. The molecule has 0 aliphatic carbocycles. The summed E-state index contributed by atoms with van der Waals surface area (Å²) in [5.74, 6) is 0.883. The van der Waals surface area contributed by atoms with Gasteiger partial charge in [0.1, 0.15) is 0 Å². The monoisotopic (exact) mass is 363 g/mol. The molecule has 27 heavy (non-hydrogen) atoms. The Hall–Kier alpha value is -3.55. The number of hydrogen-bond acceptors (Lipinski definition) is 6. The number of likely N-dealkylation sites (tertiary alicyclic amines) is 1. The van der Waals surface area contributed by atoms with Crippen molar-refractivity contribution in [2.75, 3.05) is 18.4 Å². The molecule has 4 rings (SSSR count). The van der Waals surface area contributed by atoms with E-state index in [-0.39, 0.29) is 17.7 Å². The molecule has 1 aromatic carbocycles. The maximum absolute atomic E-state index is 12.5. The molecule has 0 radical (unpaired) electrons. The summed E-state index contributed by atoms with van der Waals surface area (Å²) in [6.07, 6.45) is 3.35. The van der Waals surface area contributed by atoms with Gasteiger partial charge in [-0.3, -0.25) is 14.6 Å². The second-order valence-electron chi connectivity index (χ2n) is 6.36. The molecule has 3 aromatic rings. The number of anilines is 1. The Balaban J connectivity index is 1.37. The zero-order valence-electron chi connectivity index (χ0n) is 14.6. The van der Waals surface area contributed by atoms with Gasteiger partial charge in [-0.2, -0.15) is 4.98 Å². The van der Waals surface area contributed by atoms with E-state index >= 15 is 0 Å². The van der Waals surface area contributed by atoms with Gasteiger partial charge < -0.3 is 14.7 Å². The molecule has 1 N–H and O–H groups in total. The summed E-state index contributed by atoms with van der Waals surface area (Å²) in [6.45, 7) is 2.51. The van der Waals surface area contributed by atoms with E-state index in [4.69, 9.17) is 4.52 Å². The van der Waals surface area contributed by atoms with Gasteiger partial charge in [-0.25, -0.2) is 0 Å². The lowest BCUT2D eigenvalue weighted by atomic mass is 9.98. The van der Waals surface area contributed by atoms with Gasteiger partial charge in [-0.05, 0) is 36.4 Å². The summed E-state index contributed by atoms with van der Waals surface area (Å²) < 4.78 is 5.35. The Morgan fingerprint density at radius 2 is 1.81 bits per heavy atom. The minimum atomic E-state index is -0.148. The molecule has 0 unspecified atom stereocenters. The lowest BCUT2D eigenvalue weighted by Gasteiger charge is -2.37. The highest BCUT2D eigenvalue weighted by Gasteiger charge is 2.36. The van der Waals surface area contributed by atoms with E-state index in [1.54, 1.807) is 41.6 Å². The van der Waals surface area contributed by atoms with Crippen LogP contribution in [0.3, 0.4) is 0 Å². The van der Waals surface area contributed by atoms with Crippen LogP contribution in [0.15, 0.2) is 53.3 Å². The maximum Gasteiger partial charge on any atom is 0.253 e. The van der Waals surface area contributed by atoms with Crippen LogP contribution in [0.2, 0.25) is 0 Å². The van der Waals surface area contributed by atoms with Crippen molar-refractivity contribution in [3.63, 3.8) is 0 Å². The highest BCUT2D eigenvalue weighted by Crippen LogP contribution is 2.29. The van der Waals surface area contributed by atoms with Crippen LogP contribution < -0.4 is 5.32 Å². The van der Waals surface area contributed by atoms with Crippen molar-refractivity contribution >= 4 is 17.5 Å². The molecule has 3 heterocycles. The van der Waals surface area contributed by atoms with Gasteiger partial charge in [-0.15, -0.1) is 0 Å². The molecule has 8 nitrogen and oxygen atoms in total. The number of carbonyl (C=O) groups excluding carboxylic acids is 2. The van der Waals surface area contributed by atoms with Crippen LogP contribution in [0.25, 0.3) is 11.4 Å². The van der Waals surface area contributed by atoms with Crippen LogP contribution in [-0.2, 0) is 4.79 Å². The fourth-order valence-corrected chi connectivity index (χ4v) is 2.90. The molecular weight excluding hydrogens is 346 g/mol. The molecule has 0 bridgehead atoms. The van der Waals surface area contributed by atoms with Crippen LogP contribution in [0.5, 0.6) is 0 Å². The Labute approximate surface area is 155 Å². The van der Waals surface area contributed by atoms with E-state index in [0.717, 1.165) is 5.56 Å². The molecular formula is C19H17N5O3. The predicted octanol–water partition coefficient (Wildman–Crippen LogP) is 2.33. The number of nitrogens with one attached hydrogen (secondary N) is 1. The number of amides is 2. The third-order valence-corrected chi connectivity index (χ3v) is 4.35. The van der Waals surface area contributed by atoms with E-state index in [1.165, 1.54) is 6.92 Å². The van der Waals surface area contributed by atoms with Gasteiger partial charge in [0.05, 0.1) is 5.92 Å². The number of aromatic nitrogens is 3. The Kier molecular flexibility index (Phi) is 4.37. The van der Waals surface area contributed by atoms with Crippen LogP contribution in [0.4, 0.5) is 5.69 Å². The molecule has 1 aliphatic heterocycles. The second-order valence-corrected chi connectivity index (χ2v) is 6.36. The summed E-state index contributed by atoms with van der Waals surface area (Å²) in [5, 5.41) is 6.68. The first-order chi connectivity index (χ1) is 13.1. The van der Waals surface area contributed by atoms with E-state index in [9.17, 15) is 9.59 Å². The molecule has 136 valence electrons. The third kappa shape index (κ3) is 3.55. The summed E-state index contributed by atoms with van der Waals surface area (Å²) in [4.78, 5) is 33.7. The first-order valence-corrected chi connectivity index (χ1v) is 8.51. The first-order valence-electron chi connectivity index (χ1n) is 8.51. The smallest absolute Gasteiger partial charge is 0.253 e. The first kappa shape index (κ1) is 16.9. The van der Waals surface area contributed by atoms with Crippen molar-refractivity contribution in [3.8, 4) is 11.4 Å². The van der Waals surface area contributed by atoms with Gasteiger partial charge in [0.2, 0.25) is 17.6 Å². The molecule has 0 atom stereocenters. The fourth-order valence-electron chi connectivity index (χ4n) is 2.90. The van der Waals surface area contributed by atoms with Crippen LogP contribution in [-0.4, -0.2) is 44.9 Å². The quantitative estimate of drug-likeness (QED) is 0.763. The van der Waals surface area contributed by atoms with E-state index in [1.807, 2.05) is 12.1 Å². The third-order valence-electron chi connectivity index (χ3n) is 4.35. The standard InChI is InChI=1S/C19H17N5O3/c1-12(25)21-16-4-2-14(3-5-16)19(26)24-10-15(11-24)18-22-17(23-27-18)13-6-8-20-9-7-13/h2-9,15H,10-11H2,1H3,(H,21,25). The topological polar surface area (TPSA) is 101 Å². The minimum Gasteiger partial charge on any atom is -0.339 e. The lowest BCUT2D eigenvalue weighted by molar-refractivity contribution is -0.114. The summed E-state index contributed by atoms with van der Waals surface area (Å²) in [6, 6.07) is 10.5. The van der Waals surface area contributed by atoms with Gasteiger partial charge in [0.15, 0.2) is 0 Å². The molecule has 0 spiro atoms. The highest BCUT2D eigenvalue weighted by molar-refractivity contribution is 5.96. The fraction of sp³-hybridized carbons (Fsp3) is 0.211. The van der Waals surface area contributed by atoms with E-state index in [2.05, 4.69) is 20.4 Å². The summed E-state index contributed by atoms with van der Waals surface area (Å²) in [7, 11) is 0. The molecule has 0 saturated carbocycles. The maximum atomic E-state index is 12.5. The van der Waals surface area contributed by atoms with E-state index in [0.29, 0.717) is 36.1 Å². The summed E-state index contributed by atoms with van der Waals surface area (Å²) in [5.41, 5.74) is 2.08. The molecule has 1 fully saturated rings. The van der Waals surface area contributed by atoms with Gasteiger partial charge in [-0.1, -0.05) is 5.16 Å². The number of carbonyl (C=O) groups is 2. The number of rotatable bonds is 4. The predicted molar refractivity (Wildman–Crippen MR) is 96.9 cm³/mol. The number of hydrogen-bond donors (Lipinski definition) is 1. The van der Waals surface area contributed by atoms with Crippen LogP contribution in [0, 0.1) is 0 Å². The second kappa shape index (κ2) is 6.99. The van der Waals surface area contributed by atoms with Crippen molar-refractivity contribution in [3.05, 3.63) is 60.2 Å². The zero-order valence-corrected chi connectivity index (χ0v) is 14.6. The molecule has 1 saturated heterocycles. The summed E-state index contributed by atoms with van der Waals surface area (Å²) >= 11 is 0. The molecule has 2 amide bonds. The van der Waals surface area contributed by atoms with E-state index < -0.39 is 0 Å². The number of pyridine rings is 1. The molecule has 1 aliphatic rings. The number of nitrogens with zero attached hydrogens (tertiary/aromatic N) is 4.